The molecule has 0 aliphatic carbocycles. The van der Waals surface area contributed by atoms with Gasteiger partial charge in [0.25, 0.3) is 0 Å². The van der Waals surface area contributed by atoms with Crippen molar-refractivity contribution < 1.29 is 41.0 Å². The predicted molar refractivity (Wildman–Crippen MR) is 52.4 cm³/mol. The Bertz CT molecular complexity index is 528. The van der Waals surface area contributed by atoms with Gasteiger partial charge in [-0.2, -0.15) is 13.2 Å². The van der Waals surface area contributed by atoms with Crippen LogP contribution in [-0.4, -0.2) is 22.4 Å². The summed E-state index contributed by atoms with van der Waals surface area (Å²) in [6.07, 6.45) is -10.8. The average molecular weight is 324 g/mol. The normalized spacial score (nSPS) is 12.3. The van der Waals surface area contributed by atoms with Crippen molar-refractivity contribution in [2.75, 3.05) is 0 Å². The zero-order valence-corrected chi connectivity index (χ0v) is 9.90. The van der Waals surface area contributed by atoms with Gasteiger partial charge in [-0.15, -0.1) is 24.8 Å². The molecule has 1 N–H and O–H groups in total. The van der Waals surface area contributed by atoms with Crippen molar-refractivity contribution in [2.45, 2.75) is 18.4 Å². The van der Waals surface area contributed by atoms with Gasteiger partial charge in [0.1, 0.15) is 11.3 Å². The summed E-state index contributed by atoms with van der Waals surface area (Å²) in [5.41, 5.74) is -4.25. The molecule has 0 radical (unpaired) electrons. The number of hydrogen-bond donors (Lipinski definition) is 1. The molecule has 0 aliphatic rings. The number of carboxylic acids is 1. The third-order valence-electron chi connectivity index (χ3n) is 1.88. The molecule has 0 amide bonds. The first kappa shape index (κ1) is 16.3. The second-order valence-corrected chi connectivity index (χ2v) is 3.59. The summed E-state index contributed by atoms with van der Waals surface area (Å²) in [6.45, 7) is 0. The minimum atomic E-state index is -5.43. The Morgan fingerprint density at radius 1 is 1.30 bits per heavy atom. The van der Waals surface area contributed by atoms with E-state index >= 15 is 0 Å². The first-order chi connectivity index (χ1) is 8.95. The Kier molecular flexibility index (Phi) is 4.37. The van der Waals surface area contributed by atoms with E-state index < -0.39 is 47.1 Å². The fourth-order valence-electron chi connectivity index (χ4n) is 1.27. The van der Waals surface area contributed by atoms with Gasteiger partial charge in [-0.05, 0) is 0 Å². The second-order valence-electron chi connectivity index (χ2n) is 3.32. The summed E-state index contributed by atoms with van der Waals surface area (Å²) >= 11 is 5.24. The third-order valence-corrected chi connectivity index (χ3v) is 2.16. The molecule has 4 nitrogen and oxygen atoms in total. The molecular weight excluding hydrogens is 320 g/mol. The summed E-state index contributed by atoms with van der Waals surface area (Å²) < 4.78 is 77.6. The lowest BCUT2D eigenvalue weighted by atomic mass is 10.1. The first-order valence-electron chi connectivity index (χ1n) is 4.62. The fraction of sp³-hybridized carbons (Fsp3) is 0.333. The Hall–Kier alpha value is -1.71. The molecule has 0 fully saturated rings. The van der Waals surface area contributed by atoms with Crippen molar-refractivity contribution in [3.8, 4) is 5.75 Å². The summed E-state index contributed by atoms with van der Waals surface area (Å²) in [7, 11) is 0. The standard InChI is InChI=1S/C9H4ClF6NO3/c10-2-3-1-4(20-9(14,15)16)5(8(11,12)13)6(17-3)7(18)19/h1H,2H2,(H,18,19). The molecule has 1 aromatic heterocycles. The molecule has 0 aromatic carbocycles. The van der Waals surface area contributed by atoms with Crippen LogP contribution in [0.25, 0.3) is 0 Å². The van der Waals surface area contributed by atoms with Crippen LogP contribution >= 0.6 is 11.6 Å². The van der Waals surface area contributed by atoms with Crippen LogP contribution in [0.15, 0.2) is 6.07 Å². The number of alkyl halides is 7. The molecule has 1 rings (SSSR count). The predicted octanol–water partition coefficient (Wildman–Crippen LogP) is 3.44. The van der Waals surface area contributed by atoms with Gasteiger partial charge in [0.2, 0.25) is 0 Å². The van der Waals surface area contributed by atoms with Crippen molar-refractivity contribution in [1.29, 1.82) is 0 Å². The lowest BCUT2D eigenvalue weighted by Crippen LogP contribution is -2.23. The maximum absolute atomic E-state index is 12.7. The summed E-state index contributed by atoms with van der Waals surface area (Å²) in [5, 5.41) is 8.63. The van der Waals surface area contributed by atoms with Gasteiger partial charge in [0, 0.05) is 6.07 Å². The van der Waals surface area contributed by atoms with Crippen molar-refractivity contribution in [3.05, 3.63) is 23.0 Å². The third kappa shape index (κ3) is 3.89. The highest BCUT2D eigenvalue weighted by atomic mass is 35.5. The van der Waals surface area contributed by atoms with E-state index in [2.05, 4.69) is 9.72 Å². The van der Waals surface area contributed by atoms with Gasteiger partial charge in [-0.25, -0.2) is 9.78 Å². The number of nitrogens with zero attached hydrogens (tertiary/aromatic N) is 1. The van der Waals surface area contributed by atoms with Gasteiger partial charge < -0.3 is 9.84 Å². The fourth-order valence-corrected chi connectivity index (χ4v) is 1.41. The minimum absolute atomic E-state index is 0.287. The number of halogens is 7. The minimum Gasteiger partial charge on any atom is -0.476 e. The van der Waals surface area contributed by atoms with E-state index in [0.717, 1.165) is 0 Å². The largest absolute Gasteiger partial charge is 0.573 e. The summed E-state index contributed by atoms with van der Waals surface area (Å²) in [6, 6.07) is 0.287. The highest BCUT2D eigenvalue weighted by Gasteiger charge is 2.43. The van der Waals surface area contributed by atoms with E-state index in [1.54, 1.807) is 0 Å². The smallest absolute Gasteiger partial charge is 0.476 e. The molecule has 11 heteroatoms. The lowest BCUT2D eigenvalue weighted by molar-refractivity contribution is -0.276. The van der Waals surface area contributed by atoms with E-state index in [0.29, 0.717) is 0 Å². The van der Waals surface area contributed by atoms with Crippen LogP contribution in [0.5, 0.6) is 5.75 Å². The zero-order valence-electron chi connectivity index (χ0n) is 9.14. The zero-order chi connectivity index (χ0) is 15.7. The Balaban J connectivity index is 3.60. The molecule has 0 aliphatic heterocycles. The molecule has 0 spiro atoms. The first-order valence-corrected chi connectivity index (χ1v) is 5.15. The van der Waals surface area contributed by atoms with E-state index in [-0.39, 0.29) is 6.07 Å². The van der Waals surface area contributed by atoms with Gasteiger partial charge in [0.15, 0.2) is 5.69 Å². The van der Waals surface area contributed by atoms with Gasteiger partial charge >= 0.3 is 18.5 Å². The number of ether oxygens (including phenoxy) is 1. The van der Waals surface area contributed by atoms with E-state index in [1.807, 2.05) is 0 Å². The van der Waals surface area contributed by atoms with Crippen molar-refractivity contribution in [3.63, 3.8) is 0 Å². The van der Waals surface area contributed by atoms with Crippen LogP contribution in [0.4, 0.5) is 26.3 Å². The van der Waals surface area contributed by atoms with Crippen molar-refractivity contribution in [1.82, 2.24) is 4.98 Å². The quantitative estimate of drug-likeness (QED) is 0.684. The van der Waals surface area contributed by atoms with Crippen LogP contribution in [-0.2, 0) is 12.1 Å². The lowest BCUT2D eigenvalue weighted by Gasteiger charge is -2.17. The molecule has 0 unspecified atom stereocenters. The molecule has 0 bridgehead atoms. The highest BCUT2D eigenvalue weighted by molar-refractivity contribution is 6.16. The van der Waals surface area contributed by atoms with Crippen LogP contribution in [0, 0.1) is 0 Å². The van der Waals surface area contributed by atoms with Crippen LogP contribution in [0.2, 0.25) is 0 Å². The number of carbonyl (C=O) groups is 1. The van der Waals surface area contributed by atoms with Gasteiger partial charge in [-0.3, -0.25) is 0 Å². The Morgan fingerprint density at radius 2 is 1.85 bits per heavy atom. The Morgan fingerprint density at radius 3 is 2.20 bits per heavy atom. The SMILES string of the molecule is O=C(O)c1nc(CCl)cc(OC(F)(F)F)c1C(F)(F)F. The number of aromatic carboxylic acids is 1. The maximum atomic E-state index is 12.7. The summed E-state index contributed by atoms with van der Waals surface area (Å²) in [5.74, 6) is -4.46. The van der Waals surface area contributed by atoms with Crippen LogP contribution in [0.3, 0.4) is 0 Å². The van der Waals surface area contributed by atoms with Gasteiger partial charge in [0.05, 0.1) is 11.6 Å². The molecule has 112 valence electrons. The topological polar surface area (TPSA) is 59.4 Å². The van der Waals surface area contributed by atoms with Crippen LogP contribution < -0.4 is 4.74 Å². The number of aromatic nitrogens is 1. The average Bonchev–Trinajstić information content (AvgIpc) is 2.23. The molecular formula is C9H4ClF6NO3. The summed E-state index contributed by atoms with van der Waals surface area (Å²) in [4.78, 5) is 13.8. The van der Waals surface area contributed by atoms with Crippen molar-refractivity contribution >= 4 is 17.6 Å². The molecule has 20 heavy (non-hydrogen) atoms. The maximum Gasteiger partial charge on any atom is 0.573 e. The number of hydrogen-bond acceptors (Lipinski definition) is 3. The van der Waals surface area contributed by atoms with E-state index in [9.17, 15) is 31.1 Å². The number of carboxylic acid groups (broad SMARTS) is 1. The molecule has 0 saturated carbocycles. The second kappa shape index (κ2) is 5.35. The van der Waals surface area contributed by atoms with Gasteiger partial charge in [-0.1, -0.05) is 0 Å². The monoisotopic (exact) mass is 323 g/mol. The van der Waals surface area contributed by atoms with Crippen molar-refractivity contribution in [2.24, 2.45) is 0 Å². The van der Waals surface area contributed by atoms with E-state index in [4.69, 9.17) is 16.7 Å². The Labute approximate surface area is 111 Å². The highest BCUT2D eigenvalue weighted by Crippen LogP contribution is 2.40. The molecule has 0 atom stereocenters. The number of rotatable bonds is 3. The van der Waals surface area contributed by atoms with Crippen LogP contribution in [0.1, 0.15) is 21.7 Å². The number of pyridine rings is 1. The molecule has 1 heterocycles. The van der Waals surface area contributed by atoms with E-state index in [1.165, 1.54) is 0 Å². The molecule has 0 saturated heterocycles. The molecule has 1 aromatic rings.